The highest BCUT2D eigenvalue weighted by atomic mass is 19.4. The highest BCUT2D eigenvalue weighted by Gasteiger charge is 2.36. The van der Waals surface area contributed by atoms with Gasteiger partial charge in [-0.15, -0.1) is 0 Å². The fourth-order valence-corrected chi connectivity index (χ4v) is 2.37. The number of amides is 1. The van der Waals surface area contributed by atoms with E-state index in [1.165, 1.54) is 18.0 Å². The number of aryl methyl sites for hydroxylation is 1. The van der Waals surface area contributed by atoms with Gasteiger partial charge in [-0.2, -0.15) is 18.3 Å². The van der Waals surface area contributed by atoms with Crippen molar-refractivity contribution >= 4 is 11.9 Å². The van der Waals surface area contributed by atoms with Gasteiger partial charge in [0, 0.05) is 31.7 Å². The number of carbonyl (C=O) groups excluding carboxylic acids is 1. The molecule has 0 unspecified atom stereocenters. The first-order valence-electron chi connectivity index (χ1n) is 6.29. The van der Waals surface area contributed by atoms with Crippen molar-refractivity contribution in [2.75, 3.05) is 11.4 Å². The molecule has 112 valence electrons. The standard InChI is InChI=1S/C12H12F3N5O/c1-8-6-19(17-10(8)12(13,14)15)7-9(21)20-5-4-18-3-2-16-11(18)20/h2-3,6H,4-5,7H2,1H3. The smallest absolute Gasteiger partial charge is 0.315 e. The molecule has 0 N–H and O–H groups in total. The van der Waals surface area contributed by atoms with E-state index in [2.05, 4.69) is 10.1 Å². The third-order valence-corrected chi connectivity index (χ3v) is 3.31. The van der Waals surface area contributed by atoms with Crippen LogP contribution in [0.4, 0.5) is 19.1 Å². The van der Waals surface area contributed by atoms with E-state index in [9.17, 15) is 18.0 Å². The van der Waals surface area contributed by atoms with Gasteiger partial charge in [0.05, 0.1) is 0 Å². The van der Waals surface area contributed by atoms with Gasteiger partial charge in [0.1, 0.15) is 6.54 Å². The molecule has 2 aromatic rings. The van der Waals surface area contributed by atoms with Crippen LogP contribution in [-0.4, -0.2) is 31.8 Å². The van der Waals surface area contributed by atoms with Gasteiger partial charge in [0.25, 0.3) is 5.91 Å². The molecule has 6 nitrogen and oxygen atoms in total. The molecule has 0 radical (unpaired) electrons. The van der Waals surface area contributed by atoms with Crippen LogP contribution in [0.2, 0.25) is 0 Å². The molecule has 21 heavy (non-hydrogen) atoms. The minimum absolute atomic E-state index is 0.00165. The van der Waals surface area contributed by atoms with E-state index in [4.69, 9.17) is 0 Å². The van der Waals surface area contributed by atoms with Crippen LogP contribution in [0.15, 0.2) is 18.6 Å². The van der Waals surface area contributed by atoms with Crippen LogP contribution in [-0.2, 0) is 24.1 Å². The van der Waals surface area contributed by atoms with Crippen molar-refractivity contribution in [1.29, 1.82) is 0 Å². The molecule has 2 aromatic heterocycles. The number of carbonyl (C=O) groups is 1. The zero-order valence-electron chi connectivity index (χ0n) is 11.1. The number of anilines is 1. The third-order valence-electron chi connectivity index (χ3n) is 3.31. The molecule has 3 heterocycles. The summed E-state index contributed by atoms with van der Waals surface area (Å²) in [6.07, 6.45) is 0.0442. The Hall–Kier alpha value is -2.32. The maximum atomic E-state index is 12.7. The zero-order chi connectivity index (χ0) is 15.2. The number of nitrogens with zero attached hydrogens (tertiary/aromatic N) is 5. The number of aromatic nitrogens is 4. The van der Waals surface area contributed by atoms with Crippen LogP contribution in [0.5, 0.6) is 0 Å². The number of hydrogen-bond acceptors (Lipinski definition) is 3. The molecule has 1 aliphatic heterocycles. The number of imidazole rings is 1. The van der Waals surface area contributed by atoms with E-state index in [1.807, 2.05) is 4.57 Å². The molecular formula is C12H12F3N5O. The molecule has 9 heteroatoms. The quantitative estimate of drug-likeness (QED) is 0.843. The molecule has 0 atom stereocenters. The lowest BCUT2D eigenvalue weighted by Crippen LogP contribution is -2.33. The molecule has 0 bridgehead atoms. The van der Waals surface area contributed by atoms with Gasteiger partial charge in [-0.1, -0.05) is 0 Å². The molecule has 0 saturated heterocycles. The lowest BCUT2D eigenvalue weighted by molar-refractivity contribution is -0.142. The summed E-state index contributed by atoms with van der Waals surface area (Å²) < 4.78 is 40.8. The topological polar surface area (TPSA) is 56.0 Å². The SMILES string of the molecule is Cc1cn(CC(=O)N2CCn3ccnc32)nc1C(F)(F)F. The van der Waals surface area contributed by atoms with Crippen molar-refractivity contribution in [3.05, 3.63) is 29.8 Å². The lowest BCUT2D eigenvalue weighted by Gasteiger charge is -2.13. The first-order chi connectivity index (χ1) is 9.86. The molecule has 0 fully saturated rings. The Bertz CT molecular complexity index is 687. The Morgan fingerprint density at radius 2 is 2.14 bits per heavy atom. The monoisotopic (exact) mass is 299 g/mol. The van der Waals surface area contributed by atoms with Crippen LogP contribution in [0.1, 0.15) is 11.3 Å². The number of halogens is 3. The van der Waals surface area contributed by atoms with Crippen molar-refractivity contribution in [3.63, 3.8) is 0 Å². The Morgan fingerprint density at radius 1 is 1.38 bits per heavy atom. The Kier molecular flexibility index (Phi) is 2.99. The first kappa shape index (κ1) is 13.7. The summed E-state index contributed by atoms with van der Waals surface area (Å²) in [5, 5.41) is 3.45. The largest absolute Gasteiger partial charge is 0.435 e. The molecule has 0 saturated carbocycles. The molecule has 0 aliphatic carbocycles. The van der Waals surface area contributed by atoms with Gasteiger partial charge >= 0.3 is 6.18 Å². The van der Waals surface area contributed by atoms with E-state index in [1.54, 1.807) is 12.4 Å². The van der Waals surface area contributed by atoms with Crippen molar-refractivity contribution in [1.82, 2.24) is 19.3 Å². The number of hydrogen-bond donors (Lipinski definition) is 0. The highest BCUT2D eigenvalue weighted by Crippen LogP contribution is 2.30. The first-order valence-corrected chi connectivity index (χ1v) is 6.29. The average molecular weight is 299 g/mol. The van der Waals surface area contributed by atoms with Crippen LogP contribution in [0.3, 0.4) is 0 Å². The van der Waals surface area contributed by atoms with Gasteiger partial charge in [-0.25, -0.2) is 4.98 Å². The Balaban J connectivity index is 1.77. The van der Waals surface area contributed by atoms with E-state index >= 15 is 0 Å². The molecule has 1 amide bonds. The van der Waals surface area contributed by atoms with Gasteiger partial charge in [0.15, 0.2) is 5.69 Å². The van der Waals surface area contributed by atoms with Crippen molar-refractivity contribution in [2.45, 2.75) is 26.2 Å². The summed E-state index contributed by atoms with van der Waals surface area (Å²) in [6.45, 7) is 2.17. The molecule has 0 spiro atoms. The second kappa shape index (κ2) is 4.61. The van der Waals surface area contributed by atoms with Gasteiger partial charge < -0.3 is 4.57 Å². The minimum Gasteiger partial charge on any atom is -0.315 e. The number of rotatable bonds is 2. The maximum Gasteiger partial charge on any atom is 0.435 e. The normalized spacial score (nSPS) is 14.6. The average Bonchev–Trinajstić information content (AvgIpc) is 3.01. The summed E-state index contributed by atoms with van der Waals surface area (Å²) >= 11 is 0. The Morgan fingerprint density at radius 3 is 2.81 bits per heavy atom. The van der Waals surface area contributed by atoms with E-state index < -0.39 is 11.9 Å². The molecule has 1 aliphatic rings. The minimum atomic E-state index is -4.51. The predicted octanol–water partition coefficient (Wildman–Crippen LogP) is 1.45. The highest BCUT2D eigenvalue weighted by molar-refractivity contribution is 5.92. The number of alkyl halides is 3. The van der Waals surface area contributed by atoms with Crippen LogP contribution in [0, 0.1) is 6.92 Å². The summed E-state index contributed by atoms with van der Waals surface area (Å²) in [5.41, 5.74) is -0.962. The van der Waals surface area contributed by atoms with Gasteiger partial charge in [-0.3, -0.25) is 14.4 Å². The zero-order valence-corrected chi connectivity index (χ0v) is 11.1. The van der Waals surface area contributed by atoms with Crippen molar-refractivity contribution in [2.24, 2.45) is 0 Å². The van der Waals surface area contributed by atoms with Gasteiger partial charge in [-0.05, 0) is 12.5 Å². The second-order valence-electron chi connectivity index (χ2n) is 4.82. The third kappa shape index (κ3) is 2.39. The van der Waals surface area contributed by atoms with E-state index in [0.717, 1.165) is 4.68 Å². The summed E-state index contributed by atoms with van der Waals surface area (Å²) in [6, 6.07) is 0. The lowest BCUT2D eigenvalue weighted by atomic mass is 10.3. The van der Waals surface area contributed by atoms with Crippen LogP contribution in [0.25, 0.3) is 0 Å². The maximum absolute atomic E-state index is 12.7. The van der Waals surface area contributed by atoms with E-state index in [0.29, 0.717) is 19.0 Å². The van der Waals surface area contributed by atoms with Crippen molar-refractivity contribution < 1.29 is 18.0 Å². The van der Waals surface area contributed by atoms with E-state index in [-0.39, 0.29) is 18.0 Å². The van der Waals surface area contributed by atoms with Crippen LogP contribution >= 0.6 is 0 Å². The van der Waals surface area contributed by atoms with Crippen LogP contribution < -0.4 is 4.90 Å². The molecule has 3 rings (SSSR count). The fourth-order valence-electron chi connectivity index (χ4n) is 2.37. The number of fused-ring (bicyclic) bond motifs is 1. The second-order valence-corrected chi connectivity index (χ2v) is 4.82. The summed E-state index contributed by atoms with van der Waals surface area (Å²) in [5.74, 6) is 0.177. The summed E-state index contributed by atoms with van der Waals surface area (Å²) in [4.78, 5) is 17.7. The fraction of sp³-hybridized carbons (Fsp3) is 0.417. The van der Waals surface area contributed by atoms with Crippen molar-refractivity contribution in [3.8, 4) is 0 Å². The molecular weight excluding hydrogens is 287 g/mol. The summed E-state index contributed by atoms with van der Waals surface area (Å²) in [7, 11) is 0. The van der Waals surface area contributed by atoms with Gasteiger partial charge in [0.2, 0.25) is 5.95 Å². The Labute approximate surface area is 117 Å². The molecule has 0 aromatic carbocycles. The predicted molar refractivity (Wildman–Crippen MR) is 66.5 cm³/mol.